The first-order valence-electron chi connectivity index (χ1n) is 7.56. The van der Waals surface area contributed by atoms with Crippen LogP contribution in [0.1, 0.15) is 36.1 Å². The van der Waals surface area contributed by atoms with E-state index in [-0.39, 0.29) is 11.9 Å². The van der Waals surface area contributed by atoms with E-state index in [4.69, 9.17) is 9.47 Å². The second kappa shape index (κ2) is 8.05. The van der Waals surface area contributed by atoms with E-state index in [1.165, 1.54) is 7.11 Å². The van der Waals surface area contributed by atoms with E-state index < -0.39 is 0 Å². The summed E-state index contributed by atoms with van der Waals surface area (Å²) < 4.78 is 12.3. The maximum atomic E-state index is 12.5. The summed E-state index contributed by atoms with van der Waals surface area (Å²) >= 11 is 1.61. The number of methoxy groups -OCH3 is 2. The highest BCUT2D eigenvalue weighted by Gasteiger charge is 2.19. The highest BCUT2D eigenvalue weighted by atomic mass is 32.2. The molecule has 8 heteroatoms. The molecule has 0 spiro atoms. The molecule has 0 unspecified atom stereocenters. The molecule has 0 bridgehead atoms. The largest absolute Gasteiger partial charge is 0.493 e. The number of rotatable bonds is 7. The first-order chi connectivity index (χ1) is 11.5. The molecule has 1 atom stereocenters. The minimum atomic E-state index is -0.269. The molecule has 0 aliphatic carbocycles. The smallest absolute Gasteiger partial charge is 0.252 e. The van der Waals surface area contributed by atoms with Gasteiger partial charge in [-0.1, -0.05) is 18.7 Å². The fourth-order valence-corrected chi connectivity index (χ4v) is 2.92. The minimum absolute atomic E-state index is 0.212. The Morgan fingerprint density at radius 2 is 2.00 bits per heavy atom. The molecular weight excluding hydrogens is 328 g/mol. The van der Waals surface area contributed by atoms with Gasteiger partial charge in [0.1, 0.15) is 0 Å². The summed E-state index contributed by atoms with van der Waals surface area (Å²) in [5.74, 6) is 2.50. The first-order valence-corrected chi connectivity index (χ1v) is 8.55. The van der Waals surface area contributed by atoms with Gasteiger partial charge < -0.3 is 19.4 Å². The molecule has 130 valence electrons. The molecule has 1 amide bonds. The van der Waals surface area contributed by atoms with Crippen molar-refractivity contribution in [3.05, 3.63) is 29.6 Å². The molecule has 0 aliphatic rings. The third-order valence-corrected chi connectivity index (χ3v) is 4.43. The van der Waals surface area contributed by atoms with E-state index in [2.05, 4.69) is 22.4 Å². The van der Waals surface area contributed by atoms with Crippen molar-refractivity contribution in [1.29, 1.82) is 0 Å². The summed E-state index contributed by atoms with van der Waals surface area (Å²) in [4.78, 5) is 12.5. The summed E-state index contributed by atoms with van der Waals surface area (Å²) in [5, 5.41) is 12.1. The molecule has 7 nitrogen and oxygen atoms in total. The lowest BCUT2D eigenvalue weighted by atomic mass is 10.1. The number of benzene rings is 1. The van der Waals surface area contributed by atoms with Crippen molar-refractivity contribution < 1.29 is 14.3 Å². The molecule has 1 heterocycles. The molecule has 1 N–H and O–H groups in total. The molecule has 0 aliphatic heterocycles. The number of hydrogen-bond donors (Lipinski definition) is 1. The van der Waals surface area contributed by atoms with Crippen LogP contribution >= 0.6 is 11.8 Å². The van der Waals surface area contributed by atoms with Gasteiger partial charge in [0.15, 0.2) is 22.5 Å². The molecule has 0 radical (unpaired) electrons. The summed E-state index contributed by atoms with van der Waals surface area (Å²) in [6.45, 7) is 3.93. The lowest BCUT2D eigenvalue weighted by molar-refractivity contribution is 0.0937. The molecule has 2 rings (SSSR count). The monoisotopic (exact) mass is 350 g/mol. The van der Waals surface area contributed by atoms with E-state index in [0.29, 0.717) is 22.9 Å². The van der Waals surface area contributed by atoms with Crippen LogP contribution < -0.4 is 14.8 Å². The number of thioether (sulfide) groups is 1. The maximum Gasteiger partial charge on any atom is 0.252 e. The molecule has 2 aromatic rings. The molecule has 0 fully saturated rings. The van der Waals surface area contributed by atoms with Gasteiger partial charge in [-0.05, 0) is 30.9 Å². The van der Waals surface area contributed by atoms with Crippen LogP contribution in [0.25, 0.3) is 0 Å². The van der Waals surface area contributed by atoms with Crippen molar-refractivity contribution in [2.45, 2.75) is 25.0 Å². The van der Waals surface area contributed by atoms with Crippen molar-refractivity contribution in [3.8, 4) is 11.5 Å². The highest BCUT2D eigenvalue weighted by molar-refractivity contribution is 7.99. The number of aromatic nitrogens is 3. The first kappa shape index (κ1) is 18.1. The van der Waals surface area contributed by atoms with Crippen LogP contribution in [0.4, 0.5) is 0 Å². The summed E-state index contributed by atoms with van der Waals surface area (Å²) in [6.07, 6.45) is 0. The van der Waals surface area contributed by atoms with Crippen LogP contribution in [0.2, 0.25) is 0 Å². The molecular formula is C16H22N4O3S. The second-order valence-corrected chi connectivity index (χ2v) is 6.33. The number of nitrogens with zero attached hydrogens (tertiary/aromatic N) is 3. The average molecular weight is 350 g/mol. The fraction of sp³-hybridized carbons (Fsp3) is 0.438. The van der Waals surface area contributed by atoms with Crippen LogP contribution in [-0.2, 0) is 7.05 Å². The van der Waals surface area contributed by atoms with E-state index in [1.54, 1.807) is 37.1 Å². The zero-order chi connectivity index (χ0) is 17.7. The normalized spacial score (nSPS) is 11.9. The van der Waals surface area contributed by atoms with Crippen LogP contribution in [0.15, 0.2) is 23.4 Å². The summed E-state index contributed by atoms with van der Waals surface area (Å²) in [7, 11) is 4.99. The zero-order valence-corrected chi connectivity index (χ0v) is 15.3. The third kappa shape index (κ3) is 3.81. The number of nitrogens with one attached hydrogen (secondary N) is 1. The topological polar surface area (TPSA) is 78.3 Å². The van der Waals surface area contributed by atoms with Crippen molar-refractivity contribution in [1.82, 2.24) is 20.1 Å². The Labute approximate surface area is 145 Å². The number of hydrogen-bond acceptors (Lipinski definition) is 6. The average Bonchev–Trinajstić information content (AvgIpc) is 2.95. The van der Waals surface area contributed by atoms with Crippen molar-refractivity contribution in [2.75, 3.05) is 20.0 Å². The maximum absolute atomic E-state index is 12.5. The number of carbonyl (C=O) groups is 1. The van der Waals surface area contributed by atoms with Gasteiger partial charge in [0.05, 0.1) is 20.3 Å². The fourth-order valence-electron chi connectivity index (χ4n) is 2.28. The van der Waals surface area contributed by atoms with Gasteiger partial charge in [0.2, 0.25) is 0 Å². The Morgan fingerprint density at radius 1 is 1.29 bits per heavy atom. The molecule has 1 aromatic heterocycles. The Hall–Kier alpha value is -2.22. The summed E-state index contributed by atoms with van der Waals surface area (Å²) in [5.41, 5.74) is 0.491. The van der Waals surface area contributed by atoms with Gasteiger partial charge in [-0.3, -0.25) is 4.79 Å². The standard InChI is InChI=1S/C16H22N4O3S/c1-6-24-16-19-18-14(20(16)3)10(2)17-15(21)11-7-8-12(22-4)13(9-11)23-5/h7-10H,6H2,1-5H3,(H,17,21)/t10-/m1/s1. The Bertz CT molecular complexity index is 717. The SMILES string of the molecule is CCSc1nnc([C@@H](C)NC(=O)c2ccc(OC)c(OC)c2)n1C. The molecule has 24 heavy (non-hydrogen) atoms. The van der Waals surface area contributed by atoms with Gasteiger partial charge in [0.25, 0.3) is 5.91 Å². The predicted molar refractivity (Wildman–Crippen MR) is 92.8 cm³/mol. The lowest BCUT2D eigenvalue weighted by Gasteiger charge is -2.14. The predicted octanol–water partition coefficient (Wildman–Crippen LogP) is 2.44. The third-order valence-electron chi connectivity index (χ3n) is 3.52. The van der Waals surface area contributed by atoms with Gasteiger partial charge in [-0.25, -0.2) is 0 Å². The highest BCUT2D eigenvalue weighted by Crippen LogP contribution is 2.27. The van der Waals surface area contributed by atoms with Gasteiger partial charge >= 0.3 is 0 Å². The van der Waals surface area contributed by atoms with Crippen LogP contribution in [0, 0.1) is 0 Å². The van der Waals surface area contributed by atoms with Crippen LogP contribution in [0.3, 0.4) is 0 Å². The number of ether oxygens (including phenoxy) is 2. The number of amides is 1. The Balaban J connectivity index is 2.14. The number of carbonyl (C=O) groups excluding carboxylic acids is 1. The minimum Gasteiger partial charge on any atom is -0.493 e. The van der Waals surface area contributed by atoms with Crippen LogP contribution in [-0.4, -0.2) is 40.6 Å². The quantitative estimate of drug-likeness (QED) is 0.773. The van der Waals surface area contributed by atoms with E-state index in [0.717, 1.165) is 10.9 Å². The Morgan fingerprint density at radius 3 is 2.62 bits per heavy atom. The van der Waals surface area contributed by atoms with E-state index in [1.807, 2.05) is 18.5 Å². The van der Waals surface area contributed by atoms with Gasteiger partial charge in [-0.2, -0.15) is 0 Å². The summed E-state index contributed by atoms with van der Waals surface area (Å²) in [6, 6.07) is 4.78. The molecule has 0 saturated heterocycles. The lowest BCUT2D eigenvalue weighted by Crippen LogP contribution is -2.28. The zero-order valence-electron chi connectivity index (χ0n) is 14.5. The second-order valence-electron chi connectivity index (χ2n) is 5.10. The molecule has 0 saturated carbocycles. The van der Waals surface area contributed by atoms with Crippen molar-refractivity contribution >= 4 is 17.7 Å². The van der Waals surface area contributed by atoms with Crippen molar-refractivity contribution in [3.63, 3.8) is 0 Å². The molecule has 1 aromatic carbocycles. The van der Waals surface area contributed by atoms with E-state index >= 15 is 0 Å². The van der Waals surface area contributed by atoms with Gasteiger partial charge in [0, 0.05) is 12.6 Å². The van der Waals surface area contributed by atoms with Gasteiger partial charge in [-0.15, -0.1) is 10.2 Å². The Kier molecular flexibility index (Phi) is 6.08. The van der Waals surface area contributed by atoms with Crippen LogP contribution in [0.5, 0.6) is 11.5 Å². The van der Waals surface area contributed by atoms with E-state index in [9.17, 15) is 4.79 Å². The van der Waals surface area contributed by atoms with Crippen molar-refractivity contribution in [2.24, 2.45) is 7.05 Å².